The Morgan fingerprint density at radius 3 is 2.48 bits per heavy atom. The number of hydrogen-bond donors (Lipinski definition) is 2. The van der Waals surface area contributed by atoms with Crippen LogP contribution in [0.5, 0.6) is 11.5 Å². The molecule has 2 N–H and O–H groups in total. The fourth-order valence-electron chi connectivity index (χ4n) is 3.17. The molecular formula is C23H17F2N3O5. The summed E-state index contributed by atoms with van der Waals surface area (Å²) in [6.45, 7) is -3.10. The van der Waals surface area contributed by atoms with Gasteiger partial charge in [-0.3, -0.25) is 20.4 Å². The van der Waals surface area contributed by atoms with Gasteiger partial charge in [0.05, 0.1) is 24.5 Å². The molecule has 0 radical (unpaired) electrons. The third kappa shape index (κ3) is 4.74. The number of amides is 2. The van der Waals surface area contributed by atoms with Crippen LogP contribution in [-0.4, -0.2) is 30.5 Å². The average Bonchev–Trinajstić information content (AvgIpc) is 3.36. The molecule has 2 aromatic carbocycles. The summed E-state index contributed by atoms with van der Waals surface area (Å²) >= 11 is 0. The van der Waals surface area contributed by atoms with E-state index in [1.54, 1.807) is 42.5 Å². The number of rotatable bonds is 6. The number of carbonyl (C=O) groups excluding carboxylic acids is 2. The van der Waals surface area contributed by atoms with Crippen molar-refractivity contribution in [1.29, 1.82) is 0 Å². The third-order valence-electron chi connectivity index (χ3n) is 4.67. The summed E-state index contributed by atoms with van der Waals surface area (Å²) in [4.78, 5) is 29.9. The van der Waals surface area contributed by atoms with Gasteiger partial charge < -0.3 is 13.9 Å². The number of hydrogen-bond acceptors (Lipinski definition) is 6. The number of alkyl halides is 2. The molecule has 168 valence electrons. The molecule has 0 spiro atoms. The Kier molecular flexibility index (Phi) is 6.16. The van der Waals surface area contributed by atoms with Crippen molar-refractivity contribution in [3.8, 4) is 23.0 Å². The van der Waals surface area contributed by atoms with Gasteiger partial charge in [0, 0.05) is 10.9 Å². The molecule has 2 heterocycles. The van der Waals surface area contributed by atoms with Gasteiger partial charge in [-0.2, -0.15) is 8.78 Å². The summed E-state index contributed by atoms with van der Waals surface area (Å²) in [5.41, 5.74) is 5.84. The van der Waals surface area contributed by atoms with E-state index < -0.39 is 18.4 Å². The molecule has 2 amide bonds. The highest BCUT2D eigenvalue weighted by Crippen LogP contribution is 2.29. The fourth-order valence-corrected chi connectivity index (χ4v) is 3.17. The van der Waals surface area contributed by atoms with E-state index in [0.717, 1.165) is 6.07 Å². The largest absolute Gasteiger partial charge is 0.493 e. The number of carbonyl (C=O) groups is 2. The van der Waals surface area contributed by atoms with Crippen molar-refractivity contribution in [3.05, 3.63) is 78.1 Å². The Balaban J connectivity index is 1.56. The maximum absolute atomic E-state index is 12.9. The summed E-state index contributed by atoms with van der Waals surface area (Å²) in [5.74, 6) is -1.15. The zero-order chi connectivity index (χ0) is 23.4. The lowest BCUT2D eigenvalue weighted by atomic mass is 10.1. The molecule has 0 aliphatic carbocycles. The lowest BCUT2D eigenvalue weighted by Gasteiger charge is -2.13. The molecule has 0 bridgehead atoms. The van der Waals surface area contributed by atoms with Gasteiger partial charge >= 0.3 is 6.61 Å². The lowest BCUT2D eigenvalue weighted by Crippen LogP contribution is -2.41. The van der Waals surface area contributed by atoms with Crippen LogP contribution in [0.25, 0.3) is 22.4 Å². The zero-order valence-corrected chi connectivity index (χ0v) is 17.2. The lowest BCUT2D eigenvalue weighted by molar-refractivity contribution is -0.0512. The molecule has 10 heteroatoms. The predicted molar refractivity (Wildman–Crippen MR) is 114 cm³/mol. The van der Waals surface area contributed by atoms with Crippen LogP contribution < -0.4 is 20.3 Å². The highest BCUT2D eigenvalue weighted by atomic mass is 19.3. The molecule has 0 aliphatic rings. The first kappa shape index (κ1) is 21.8. The van der Waals surface area contributed by atoms with Gasteiger partial charge in [0.25, 0.3) is 11.8 Å². The van der Waals surface area contributed by atoms with Crippen LogP contribution in [-0.2, 0) is 0 Å². The van der Waals surface area contributed by atoms with Crippen LogP contribution in [0.3, 0.4) is 0 Å². The number of nitrogens with one attached hydrogen (secondary N) is 2. The summed E-state index contributed by atoms with van der Waals surface area (Å²) < 4.78 is 40.0. The van der Waals surface area contributed by atoms with Gasteiger partial charge in [-0.05, 0) is 42.5 Å². The Labute approximate surface area is 186 Å². The van der Waals surface area contributed by atoms with E-state index >= 15 is 0 Å². The highest BCUT2D eigenvalue weighted by Gasteiger charge is 2.18. The average molecular weight is 453 g/mol. The second kappa shape index (κ2) is 9.35. The maximum atomic E-state index is 12.9. The van der Waals surface area contributed by atoms with Gasteiger partial charge in [-0.25, -0.2) is 4.98 Å². The molecule has 4 aromatic rings. The summed E-state index contributed by atoms with van der Waals surface area (Å²) in [6, 6.07) is 15.7. The van der Waals surface area contributed by atoms with Gasteiger partial charge in [0.2, 0.25) is 0 Å². The minimum Gasteiger partial charge on any atom is -0.493 e. The van der Waals surface area contributed by atoms with E-state index in [1.165, 1.54) is 25.5 Å². The minimum atomic E-state index is -3.10. The number of benzene rings is 2. The van der Waals surface area contributed by atoms with Crippen LogP contribution in [0.2, 0.25) is 0 Å². The fraction of sp³-hybridized carbons (Fsp3) is 0.0870. The zero-order valence-electron chi connectivity index (χ0n) is 17.2. The first-order valence-electron chi connectivity index (χ1n) is 9.63. The Morgan fingerprint density at radius 1 is 0.970 bits per heavy atom. The minimum absolute atomic E-state index is 0.0254. The number of para-hydroxylation sites is 1. The topological polar surface area (TPSA) is 103 Å². The number of methoxy groups -OCH3 is 1. The van der Waals surface area contributed by atoms with Crippen molar-refractivity contribution < 1.29 is 32.3 Å². The van der Waals surface area contributed by atoms with Gasteiger partial charge in [-0.1, -0.05) is 18.2 Å². The molecule has 0 saturated heterocycles. The molecule has 2 aromatic heterocycles. The van der Waals surface area contributed by atoms with E-state index in [0.29, 0.717) is 22.4 Å². The smallest absolute Gasteiger partial charge is 0.387 e. The van der Waals surface area contributed by atoms with E-state index in [1.807, 2.05) is 0 Å². The maximum Gasteiger partial charge on any atom is 0.387 e. The quantitative estimate of drug-likeness (QED) is 0.425. The second-order valence-corrected chi connectivity index (χ2v) is 6.70. The van der Waals surface area contributed by atoms with Crippen molar-refractivity contribution >= 4 is 22.7 Å². The van der Waals surface area contributed by atoms with Gasteiger partial charge in [0.1, 0.15) is 5.69 Å². The number of furan rings is 1. The molecule has 8 nitrogen and oxygen atoms in total. The number of pyridine rings is 1. The molecule has 0 fully saturated rings. The molecule has 0 aliphatic heterocycles. The Bertz CT molecular complexity index is 1310. The standard InChI is InChI=1S/C23H17F2N3O5/c1-31-19-9-8-13(11-20(19)33-23(24)25)21(29)27-28-22(30)15-12-17(18-7-4-10-32-18)26-16-6-3-2-5-14(15)16/h2-12,23H,1H3,(H,27,29)(H,28,30). The predicted octanol–water partition coefficient (Wildman–Crippen LogP) is 4.18. The first-order valence-corrected chi connectivity index (χ1v) is 9.63. The Morgan fingerprint density at radius 2 is 1.76 bits per heavy atom. The normalized spacial score (nSPS) is 10.8. The second-order valence-electron chi connectivity index (χ2n) is 6.70. The van der Waals surface area contributed by atoms with Crippen LogP contribution in [0.4, 0.5) is 8.78 Å². The van der Waals surface area contributed by atoms with Crippen molar-refractivity contribution in [2.45, 2.75) is 6.61 Å². The SMILES string of the molecule is COc1ccc(C(=O)NNC(=O)c2cc(-c3ccco3)nc3ccccc23)cc1OC(F)F. The van der Waals surface area contributed by atoms with E-state index in [-0.39, 0.29) is 22.6 Å². The Hall–Kier alpha value is -4.47. The molecular weight excluding hydrogens is 436 g/mol. The van der Waals surface area contributed by atoms with Crippen LogP contribution in [0.15, 0.2) is 71.3 Å². The first-order chi connectivity index (χ1) is 16.0. The van der Waals surface area contributed by atoms with E-state index in [2.05, 4.69) is 20.6 Å². The number of halogens is 2. The van der Waals surface area contributed by atoms with Crippen molar-refractivity contribution in [1.82, 2.24) is 15.8 Å². The molecule has 0 unspecified atom stereocenters. The molecule has 33 heavy (non-hydrogen) atoms. The van der Waals surface area contributed by atoms with Crippen molar-refractivity contribution in [2.24, 2.45) is 0 Å². The number of fused-ring (bicyclic) bond motifs is 1. The number of aromatic nitrogens is 1. The number of ether oxygens (including phenoxy) is 2. The molecule has 4 rings (SSSR count). The van der Waals surface area contributed by atoms with E-state index in [4.69, 9.17) is 9.15 Å². The van der Waals surface area contributed by atoms with Crippen LogP contribution in [0.1, 0.15) is 20.7 Å². The van der Waals surface area contributed by atoms with Crippen LogP contribution >= 0.6 is 0 Å². The van der Waals surface area contributed by atoms with Crippen molar-refractivity contribution in [3.63, 3.8) is 0 Å². The van der Waals surface area contributed by atoms with Crippen LogP contribution in [0, 0.1) is 0 Å². The monoisotopic (exact) mass is 453 g/mol. The third-order valence-corrected chi connectivity index (χ3v) is 4.67. The number of nitrogens with zero attached hydrogens (tertiary/aromatic N) is 1. The summed E-state index contributed by atoms with van der Waals surface area (Å²) in [5, 5.41) is 0.566. The molecule has 0 atom stereocenters. The summed E-state index contributed by atoms with van der Waals surface area (Å²) in [6.07, 6.45) is 1.49. The van der Waals surface area contributed by atoms with Gasteiger partial charge in [-0.15, -0.1) is 0 Å². The highest BCUT2D eigenvalue weighted by molar-refractivity contribution is 6.08. The summed E-state index contributed by atoms with van der Waals surface area (Å²) in [7, 11) is 1.28. The van der Waals surface area contributed by atoms with E-state index in [9.17, 15) is 18.4 Å². The number of hydrazine groups is 1. The molecule has 0 saturated carbocycles. The van der Waals surface area contributed by atoms with Gasteiger partial charge in [0.15, 0.2) is 17.3 Å². The van der Waals surface area contributed by atoms with Crippen molar-refractivity contribution in [2.75, 3.05) is 7.11 Å².